The molecule has 0 aliphatic rings. The van der Waals surface area contributed by atoms with Crippen molar-refractivity contribution in [1.29, 1.82) is 0 Å². The van der Waals surface area contributed by atoms with Gasteiger partial charge in [-0.25, -0.2) is 0 Å². The molecule has 0 aliphatic heterocycles. The third-order valence-corrected chi connectivity index (χ3v) is 3.92. The van der Waals surface area contributed by atoms with Crippen LogP contribution < -0.4 is 10.2 Å². The maximum Gasteiger partial charge on any atom is 0.156 e. The first kappa shape index (κ1) is 17.9. The lowest BCUT2D eigenvalue weighted by atomic mass is 10.2. The van der Waals surface area contributed by atoms with Gasteiger partial charge in [0.05, 0.1) is 28.1 Å². The SMILES string of the molecule is Cc1ccc(N/N=C/c2cc(Cl)c(OC(C)C)c(Cl)c2)cc1Cl. The van der Waals surface area contributed by atoms with Crippen molar-refractivity contribution < 1.29 is 4.74 Å². The summed E-state index contributed by atoms with van der Waals surface area (Å²) in [4.78, 5) is 0. The number of nitrogens with zero attached hydrogens (tertiary/aromatic N) is 1. The quantitative estimate of drug-likeness (QED) is 0.502. The summed E-state index contributed by atoms with van der Waals surface area (Å²) in [6, 6.07) is 9.13. The van der Waals surface area contributed by atoms with Gasteiger partial charge in [-0.3, -0.25) is 5.43 Å². The Morgan fingerprint density at radius 2 is 1.70 bits per heavy atom. The maximum absolute atomic E-state index is 6.20. The number of hydrogen-bond donors (Lipinski definition) is 1. The predicted octanol–water partition coefficient (Wildman–Crippen LogP) is 6.19. The zero-order valence-corrected chi connectivity index (χ0v) is 15.3. The first-order chi connectivity index (χ1) is 10.9. The van der Waals surface area contributed by atoms with E-state index < -0.39 is 0 Å². The van der Waals surface area contributed by atoms with Crippen LogP contribution in [-0.2, 0) is 0 Å². The molecule has 0 saturated carbocycles. The Morgan fingerprint density at radius 3 is 2.26 bits per heavy atom. The van der Waals surface area contributed by atoms with Crippen LogP contribution in [0, 0.1) is 6.92 Å². The smallest absolute Gasteiger partial charge is 0.156 e. The number of rotatable bonds is 5. The Hall–Kier alpha value is -1.42. The number of anilines is 1. The number of ether oxygens (including phenoxy) is 1. The summed E-state index contributed by atoms with van der Waals surface area (Å²) < 4.78 is 5.59. The van der Waals surface area contributed by atoms with E-state index in [1.165, 1.54) is 0 Å². The summed E-state index contributed by atoms with van der Waals surface area (Å²) in [7, 11) is 0. The molecular weight excluding hydrogens is 355 g/mol. The van der Waals surface area contributed by atoms with E-state index in [2.05, 4.69) is 10.5 Å². The van der Waals surface area contributed by atoms with Crippen molar-refractivity contribution in [2.24, 2.45) is 5.10 Å². The average molecular weight is 372 g/mol. The highest BCUT2D eigenvalue weighted by molar-refractivity contribution is 6.37. The van der Waals surface area contributed by atoms with Gasteiger partial charge in [-0.2, -0.15) is 5.10 Å². The molecule has 0 heterocycles. The van der Waals surface area contributed by atoms with Gasteiger partial charge in [0.25, 0.3) is 0 Å². The topological polar surface area (TPSA) is 33.6 Å². The van der Waals surface area contributed by atoms with Crippen molar-refractivity contribution in [2.75, 3.05) is 5.43 Å². The Balaban J connectivity index is 2.12. The molecule has 6 heteroatoms. The normalized spacial score (nSPS) is 11.3. The standard InChI is InChI=1S/C17H17Cl3N2O/c1-10(2)23-17-15(19)6-12(7-16(17)20)9-21-22-13-5-4-11(3)14(18)8-13/h4-10,22H,1-3H3/b21-9+. The summed E-state index contributed by atoms with van der Waals surface area (Å²) in [5.74, 6) is 0.485. The maximum atomic E-state index is 6.20. The van der Waals surface area contributed by atoms with Crippen LogP contribution in [0.2, 0.25) is 15.1 Å². The summed E-state index contributed by atoms with van der Waals surface area (Å²) in [6.07, 6.45) is 1.63. The van der Waals surface area contributed by atoms with Crippen LogP contribution in [-0.4, -0.2) is 12.3 Å². The van der Waals surface area contributed by atoms with Gasteiger partial charge in [0.2, 0.25) is 0 Å². The van der Waals surface area contributed by atoms with E-state index in [0.717, 1.165) is 16.8 Å². The van der Waals surface area contributed by atoms with Gasteiger partial charge < -0.3 is 4.74 Å². The number of halogens is 3. The predicted molar refractivity (Wildman–Crippen MR) is 99.6 cm³/mol. The van der Waals surface area contributed by atoms with E-state index in [9.17, 15) is 0 Å². The first-order valence-electron chi connectivity index (χ1n) is 7.07. The zero-order chi connectivity index (χ0) is 17.0. The second-order valence-corrected chi connectivity index (χ2v) is 6.54. The first-order valence-corrected chi connectivity index (χ1v) is 8.21. The highest BCUT2D eigenvalue weighted by Gasteiger charge is 2.10. The minimum atomic E-state index is -0.00234. The van der Waals surface area contributed by atoms with Gasteiger partial charge in [0, 0.05) is 5.02 Å². The molecule has 23 heavy (non-hydrogen) atoms. The molecule has 0 unspecified atom stereocenters. The molecule has 0 aromatic heterocycles. The molecule has 0 spiro atoms. The van der Waals surface area contributed by atoms with Crippen molar-refractivity contribution >= 4 is 46.7 Å². The molecule has 0 saturated heterocycles. The molecule has 0 amide bonds. The van der Waals surface area contributed by atoms with Crippen LogP contribution in [0.4, 0.5) is 5.69 Å². The number of hydrogen-bond acceptors (Lipinski definition) is 3. The van der Waals surface area contributed by atoms with Crippen molar-refractivity contribution in [3.63, 3.8) is 0 Å². The number of aryl methyl sites for hydroxylation is 1. The van der Waals surface area contributed by atoms with Crippen molar-refractivity contribution in [1.82, 2.24) is 0 Å². The number of benzene rings is 2. The highest BCUT2D eigenvalue weighted by Crippen LogP contribution is 2.34. The number of hydrazone groups is 1. The second kappa shape index (κ2) is 7.91. The Labute approximate surface area is 151 Å². The van der Waals surface area contributed by atoms with E-state index in [4.69, 9.17) is 39.5 Å². The lowest BCUT2D eigenvalue weighted by Gasteiger charge is -2.13. The van der Waals surface area contributed by atoms with Crippen LogP contribution in [0.1, 0.15) is 25.0 Å². The molecule has 2 aromatic carbocycles. The molecule has 0 radical (unpaired) electrons. The molecule has 2 aromatic rings. The third-order valence-electron chi connectivity index (χ3n) is 2.95. The summed E-state index contributed by atoms with van der Waals surface area (Å²) in [6.45, 7) is 5.78. The highest BCUT2D eigenvalue weighted by atomic mass is 35.5. The fourth-order valence-electron chi connectivity index (χ4n) is 1.85. The summed E-state index contributed by atoms with van der Waals surface area (Å²) >= 11 is 18.5. The van der Waals surface area contributed by atoms with Crippen molar-refractivity contribution in [3.8, 4) is 5.75 Å². The third kappa shape index (κ3) is 5.03. The molecule has 2 rings (SSSR count). The van der Waals surface area contributed by atoms with Gasteiger partial charge >= 0.3 is 0 Å². The van der Waals surface area contributed by atoms with E-state index in [1.807, 2.05) is 39.0 Å². The van der Waals surface area contributed by atoms with E-state index >= 15 is 0 Å². The monoisotopic (exact) mass is 370 g/mol. The zero-order valence-electron chi connectivity index (χ0n) is 13.0. The molecule has 3 nitrogen and oxygen atoms in total. The van der Waals surface area contributed by atoms with Crippen molar-refractivity contribution in [3.05, 3.63) is 56.5 Å². The van der Waals surface area contributed by atoms with Crippen LogP contribution in [0.15, 0.2) is 35.4 Å². The van der Waals surface area contributed by atoms with Crippen LogP contribution in [0.25, 0.3) is 0 Å². The van der Waals surface area contributed by atoms with E-state index in [0.29, 0.717) is 20.8 Å². The fourth-order valence-corrected chi connectivity index (χ4v) is 2.62. The molecule has 1 N–H and O–H groups in total. The van der Waals surface area contributed by atoms with Gasteiger partial charge in [0.1, 0.15) is 0 Å². The Morgan fingerprint density at radius 1 is 1.04 bits per heavy atom. The minimum Gasteiger partial charge on any atom is -0.488 e. The van der Waals surface area contributed by atoms with Crippen LogP contribution in [0.3, 0.4) is 0 Å². The molecule has 0 aliphatic carbocycles. The van der Waals surface area contributed by atoms with Gasteiger partial charge in [0.15, 0.2) is 5.75 Å². The summed E-state index contributed by atoms with van der Waals surface area (Å²) in [5.41, 5.74) is 5.49. The van der Waals surface area contributed by atoms with Crippen LogP contribution >= 0.6 is 34.8 Å². The van der Waals surface area contributed by atoms with E-state index in [1.54, 1.807) is 18.3 Å². The largest absolute Gasteiger partial charge is 0.488 e. The van der Waals surface area contributed by atoms with Gasteiger partial charge in [-0.1, -0.05) is 40.9 Å². The Bertz CT molecular complexity index is 707. The summed E-state index contributed by atoms with van der Waals surface area (Å²) in [5, 5.41) is 5.75. The van der Waals surface area contributed by atoms with Gasteiger partial charge in [-0.15, -0.1) is 0 Å². The fraction of sp³-hybridized carbons (Fsp3) is 0.235. The minimum absolute atomic E-state index is 0.00234. The molecule has 0 atom stereocenters. The number of nitrogens with one attached hydrogen (secondary N) is 1. The molecule has 0 fully saturated rings. The average Bonchev–Trinajstić information content (AvgIpc) is 2.46. The molecule has 0 bridgehead atoms. The Kier molecular flexibility index (Phi) is 6.17. The van der Waals surface area contributed by atoms with Gasteiger partial charge in [-0.05, 0) is 56.2 Å². The van der Waals surface area contributed by atoms with Crippen LogP contribution in [0.5, 0.6) is 5.75 Å². The molecular formula is C17H17Cl3N2O. The lowest BCUT2D eigenvalue weighted by molar-refractivity contribution is 0.243. The van der Waals surface area contributed by atoms with E-state index in [-0.39, 0.29) is 6.10 Å². The van der Waals surface area contributed by atoms with Crippen molar-refractivity contribution in [2.45, 2.75) is 26.9 Å². The second-order valence-electron chi connectivity index (χ2n) is 5.31. The lowest BCUT2D eigenvalue weighted by Crippen LogP contribution is -2.06. The molecule has 122 valence electrons.